The number of Topliss-reactive ketones (excluding diaryl/α,β-unsaturated/α-hetero) is 1. The van der Waals surface area contributed by atoms with Crippen molar-refractivity contribution in [2.75, 3.05) is 20.3 Å². The van der Waals surface area contributed by atoms with E-state index in [4.69, 9.17) is 24.9 Å². The lowest BCUT2D eigenvalue weighted by atomic mass is 9.82. The Morgan fingerprint density at radius 1 is 1.21 bits per heavy atom. The molecule has 0 saturated heterocycles. The molecular formula is C30H33FN2O5. The van der Waals surface area contributed by atoms with Crippen molar-refractivity contribution in [1.29, 1.82) is 0 Å². The number of carbonyl (C=O) groups excluding carboxylic acids is 1. The Bertz CT molecular complexity index is 1350. The maximum absolute atomic E-state index is 13.6. The van der Waals surface area contributed by atoms with E-state index in [1.165, 1.54) is 12.1 Å². The zero-order valence-corrected chi connectivity index (χ0v) is 21.9. The SMILES string of the molecule is COc1cc(C(=O)CCC(C)(O)c2cc3c(c(-c4ccc(F)cc4)n2)OCC3(C)CN)ccc1OC1CC1. The highest BCUT2D eigenvalue weighted by molar-refractivity contribution is 5.96. The number of ether oxygens (including phenoxy) is 3. The van der Waals surface area contributed by atoms with Crippen LogP contribution in [0.25, 0.3) is 11.3 Å². The van der Waals surface area contributed by atoms with Gasteiger partial charge in [0.05, 0.1) is 25.5 Å². The smallest absolute Gasteiger partial charge is 0.163 e. The van der Waals surface area contributed by atoms with Crippen molar-refractivity contribution < 1.29 is 28.5 Å². The number of rotatable bonds is 10. The summed E-state index contributed by atoms with van der Waals surface area (Å²) in [5, 5.41) is 11.5. The van der Waals surface area contributed by atoms with Crippen molar-refractivity contribution in [1.82, 2.24) is 4.98 Å². The van der Waals surface area contributed by atoms with Gasteiger partial charge in [-0.3, -0.25) is 4.79 Å². The van der Waals surface area contributed by atoms with Crippen molar-refractivity contribution in [3.05, 3.63) is 71.2 Å². The largest absolute Gasteiger partial charge is 0.493 e. The lowest BCUT2D eigenvalue weighted by molar-refractivity contribution is 0.0396. The van der Waals surface area contributed by atoms with E-state index in [0.717, 1.165) is 18.4 Å². The summed E-state index contributed by atoms with van der Waals surface area (Å²) in [7, 11) is 1.55. The number of hydrogen-bond donors (Lipinski definition) is 2. The fraction of sp³-hybridized carbons (Fsp3) is 0.400. The van der Waals surface area contributed by atoms with Crippen molar-refractivity contribution >= 4 is 5.78 Å². The van der Waals surface area contributed by atoms with Crippen LogP contribution in [-0.4, -0.2) is 42.2 Å². The second-order valence-electron chi connectivity index (χ2n) is 10.7. The van der Waals surface area contributed by atoms with E-state index in [9.17, 15) is 14.3 Å². The number of pyridine rings is 1. The third kappa shape index (κ3) is 5.11. The van der Waals surface area contributed by atoms with Crippen LogP contribution < -0.4 is 19.9 Å². The van der Waals surface area contributed by atoms with Gasteiger partial charge in [-0.1, -0.05) is 6.92 Å². The Hall–Kier alpha value is -3.49. The van der Waals surface area contributed by atoms with Crippen LogP contribution in [0.1, 0.15) is 61.1 Å². The number of halogens is 1. The van der Waals surface area contributed by atoms with E-state index >= 15 is 0 Å². The van der Waals surface area contributed by atoms with Gasteiger partial charge in [-0.05, 0) is 74.7 Å². The van der Waals surface area contributed by atoms with Gasteiger partial charge in [-0.2, -0.15) is 0 Å². The first-order chi connectivity index (χ1) is 18.1. The highest BCUT2D eigenvalue weighted by Gasteiger charge is 2.40. The van der Waals surface area contributed by atoms with Gasteiger partial charge in [-0.25, -0.2) is 9.37 Å². The van der Waals surface area contributed by atoms with Gasteiger partial charge < -0.3 is 25.1 Å². The molecule has 2 aliphatic rings. The molecule has 3 aromatic rings. The quantitative estimate of drug-likeness (QED) is 0.366. The summed E-state index contributed by atoms with van der Waals surface area (Å²) in [5.74, 6) is 1.24. The van der Waals surface area contributed by atoms with Gasteiger partial charge in [0, 0.05) is 35.1 Å². The summed E-state index contributed by atoms with van der Waals surface area (Å²) in [6.07, 6.45) is 2.49. The molecule has 2 aromatic carbocycles. The van der Waals surface area contributed by atoms with Gasteiger partial charge in [0.1, 0.15) is 22.9 Å². The monoisotopic (exact) mass is 520 g/mol. The molecular weight excluding hydrogens is 487 g/mol. The molecule has 0 amide bonds. The van der Waals surface area contributed by atoms with E-state index in [0.29, 0.717) is 52.9 Å². The average Bonchev–Trinajstić information content (AvgIpc) is 3.68. The number of aliphatic hydroxyl groups is 1. The highest BCUT2D eigenvalue weighted by Crippen LogP contribution is 2.45. The Labute approximate surface area is 221 Å². The van der Waals surface area contributed by atoms with Crippen molar-refractivity contribution in [3.8, 4) is 28.5 Å². The molecule has 200 valence electrons. The minimum Gasteiger partial charge on any atom is -0.493 e. The first-order valence-corrected chi connectivity index (χ1v) is 12.9. The minimum absolute atomic E-state index is 0.0916. The molecule has 1 aromatic heterocycles. The number of aromatic nitrogens is 1. The molecule has 1 saturated carbocycles. The van der Waals surface area contributed by atoms with Gasteiger partial charge in [0.15, 0.2) is 17.3 Å². The Morgan fingerprint density at radius 3 is 2.61 bits per heavy atom. The maximum Gasteiger partial charge on any atom is 0.163 e. The highest BCUT2D eigenvalue weighted by atomic mass is 19.1. The van der Waals surface area contributed by atoms with Gasteiger partial charge in [-0.15, -0.1) is 0 Å². The molecule has 7 nitrogen and oxygen atoms in total. The van der Waals surface area contributed by atoms with Crippen molar-refractivity contribution in [2.45, 2.75) is 56.7 Å². The van der Waals surface area contributed by atoms with Crippen LogP contribution in [0.3, 0.4) is 0 Å². The number of benzene rings is 2. The van der Waals surface area contributed by atoms with E-state index in [1.807, 2.05) is 13.0 Å². The van der Waals surface area contributed by atoms with Crippen molar-refractivity contribution in [3.63, 3.8) is 0 Å². The number of nitrogens with zero attached hydrogens (tertiary/aromatic N) is 1. The summed E-state index contributed by atoms with van der Waals surface area (Å²) >= 11 is 0. The fourth-order valence-corrected chi connectivity index (χ4v) is 4.62. The predicted molar refractivity (Wildman–Crippen MR) is 141 cm³/mol. The number of hydrogen-bond acceptors (Lipinski definition) is 7. The Morgan fingerprint density at radius 2 is 1.95 bits per heavy atom. The molecule has 1 aliphatic carbocycles. The second-order valence-corrected chi connectivity index (χ2v) is 10.7. The van der Waals surface area contributed by atoms with Gasteiger partial charge in [0.2, 0.25) is 0 Å². The predicted octanol–water partition coefficient (Wildman–Crippen LogP) is 4.92. The molecule has 0 spiro atoms. The standard InChI is InChI=1S/C30H33FN2O5/c1-29(16-32)17-37-28-22(29)15-26(33-27(28)18-4-7-20(31)8-5-18)30(2,35)13-12-23(34)19-6-11-24(25(14-19)36-3)38-21-9-10-21/h4-8,11,14-15,21,35H,9-10,12-13,16-17,32H2,1-3H3. The lowest BCUT2D eigenvalue weighted by Crippen LogP contribution is -2.33. The van der Waals surface area contributed by atoms with E-state index in [2.05, 4.69) is 0 Å². The number of ketones is 1. The van der Waals surface area contributed by atoms with Crippen LogP contribution in [-0.2, 0) is 11.0 Å². The van der Waals surface area contributed by atoms with Crippen LogP contribution in [0, 0.1) is 5.82 Å². The first-order valence-electron chi connectivity index (χ1n) is 12.9. The summed E-state index contributed by atoms with van der Waals surface area (Å²) < 4.78 is 30.9. The maximum atomic E-state index is 13.6. The van der Waals surface area contributed by atoms with Crippen LogP contribution in [0.15, 0.2) is 48.5 Å². The Balaban J connectivity index is 1.41. The summed E-state index contributed by atoms with van der Waals surface area (Å²) in [5.41, 5.74) is 7.12. The number of carbonyl (C=O) groups is 1. The molecule has 2 heterocycles. The molecule has 0 bridgehead atoms. The molecule has 0 radical (unpaired) electrons. The van der Waals surface area contributed by atoms with E-state index in [-0.39, 0.29) is 30.5 Å². The fourth-order valence-electron chi connectivity index (χ4n) is 4.62. The van der Waals surface area contributed by atoms with Gasteiger partial charge in [0.25, 0.3) is 0 Å². The van der Waals surface area contributed by atoms with Crippen molar-refractivity contribution in [2.24, 2.45) is 5.73 Å². The summed E-state index contributed by atoms with van der Waals surface area (Å²) in [6, 6.07) is 13.0. The molecule has 8 heteroatoms. The van der Waals surface area contributed by atoms with Crippen LogP contribution in [0.5, 0.6) is 17.2 Å². The Kier molecular flexibility index (Phi) is 6.88. The molecule has 3 N–H and O–H groups in total. The van der Waals surface area contributed by atoms with Crippen LogP contribution >= 0.6 is 0 Å². The van der Waals surface area contributed by atoms with Gasteiger partial charge >= 0.3 is 0 Å². The lowest BCUT2D eigenvalue weighted by Gasteiger charge is -2.26. The van der Waals surface area contributed by atoms with Crippen LogP contribution in [0.2, 0.25) is 0 Å². The number of fused-ring (bicyclic) bond motifs is 1. The number of methoxy groups -OCH3 is 1. The number of nitrogens with two attached hydrogens (primary N) is 1. The minimum atomic E-state index is -1.42. The second kappa shape index (κ2) is 10.0. The molecule has 1 aliphatic heterocycles. The summed E-state index contributed by atoms with van der Waals surface area (Å²) in [6.45, 7) is 4.36. The first kappa shape index (κ1) is 26.1. The zero-order chi connectivity index (χ0) is 27.1. The average molecular weight is 521 g/mol. The topological polar surface area (TPSA) is 104 Å². The molecule has 1 fully saturated rings. The molecule has 38 heavy (non-hydrogen) atoms. The zero-order valence-electron chi connectivity index (χ0n) is 21.9. The van der Waals surface area contributed by atoms with Crippen LogP contribution in [0.4, 0.5) is 4.39 Å². The molecule has 5 rings (SSSR count). The third-order valence-electron chi connectivity index (χ3n) is 7.42. The molecule has 2 atom stereocenters. The van der Waals surface area contributed by atoms with E-state index in [1.54, 1.807) is 44.4 Å². The van der Waals surface area contributed by atoms with E-state index < -0.39 is 11.0 Å². The normalized spacial score (nSPS) is 19.8. The summed E-state index contributed by atoms with van der Waals surface area (Å²) in [4.78, 5) is 17.8. The molecule has 2 unspecified atom stereocenters. The third-order valence-corrected chi connectivity index (χ3v) is 7.42.